The Morgan fingerprint density at radius 1 is 1.00 bits per heavy atom. The number of anilines is 2. The Kier molecular flexibility index (Phi) is 4.65. The SMILES string of the molecule is Cc1cc(CCl)nc2c1c(=O)cc(Nc1ccccc1)n2-c1ccccc1. The first-order valence-electron chi connectivity index (χ1n) is 8.67. The maximum atomic E-state index is 12.9. The van der Waals surface area contributed by atoms with E-state index < -0.39 is 0 Å². The Balaban J connectivity index is 2.06. The topological polar surface area (TPSA) is 46.9 Å². The first-order valence-corrected chi connectivity index (χ1v) is 9.20. The second kappa shape index (κ2) is 7.25. The van der Waals surface area contributed by atoms with Crippen LogP contribution >= 0.6 is 11.6 Å². The normalized spacial score (nSPS) is 10.9. The highest BCUT2D eigenvalue weighted by molar-refractivity contribution is 6.17. The number of pyridine rings is 2. The fraction of sp³-hybridized carbons (Fsp3) is 0.0909. The fourth-order valence-corrected chi connectivity index (χ4v) is 3.37. The third-order valence-electron chi connectivity index (χ3n) is 4.41. The van der Waals surface area contributed by atoms with Crippen LogP contribution in [0.2, 0.25) is 0 Å². The molecule has 0 unspecified atom stereocenters. The molecule has 0 aliphatic heterocycles. The van der Waals surface area contributed by atoms with E-state index >= 15 is 0 Å². The molecule has 2 aromatic carbocycles. The summed E-state index contributed by atoms with van der Waals surface area (Å²) in [5.74, 6) is 0.944. The fourth-order valence-electron chi connectivity index (χ4n) is 3.23. The molecule has 4 rings (SSSR count). The van der Waals surface area contributed by atoms with E-state index in [2.05, 4.69) is 10.3 Å². The zero-order valence-corrected chi connectivity index (χ0v) is 15.6. The van der Waals surface area contributed by atoms with Crippen LogP contribution in [0.1, 0.15) is 11.3 Å². The van der Waals surface area contributed by atoms with Gasteiger partial charge in [0.15, 0.2) is 11.1 Å². The molecular formula is C22H18ClN3O. The number of aromatic nitrogens is 2. The quantitative estimate of drug-likeness (QED) is 0.500. The molecule has 134 valence electrons. The van der Waals surface area contributed by atoms with E-state index in [-0.39, 0.29) is 11.3 Å². The van der Waals surface area contributed by atoms with E-state index in [4.69, 9.17) is 11.6 Å². The second-order valence-electron chi connectivity index (χ2n) is 6.32. The molecule has 1 N–H and O–H groups in total. The smallest absolute Gasteiger partial charge is 0.193 e. The van der Waals surface area contributed by atoms with Gasteiger partial charge in [0.25, 0.3) is 0 Å². The van der Waals surface area contributed by atoms with Gasteiger partial charge in [-0.25, -0.2) is 4.98 Å². The Bertz CT molecular complexity index is 1160. The van der Waals surface area contributed by atoms with Gasteiger partial charge in [0.1, 0.15) is 5.82 Å². The van der Waals surface area contributed by atoms with Gasteiger partial charge in [-0.15, -0.1) is 11.6 Å². The molecule has 0 saturated carbocycles. The molecule has 0 fully saturated rings. The lowest BCUT2D eigenvalue weighted by Crippen LogP contribution is -2.15. The second-order valence-corrected chi connectivity index (χ2v) is 6.59. The minimum absolute atomic E-state index is 0.0678. The monoisotopic (exact) mass is 375 g/mol. The molecule has 27 heavy (non-hydrogen) atoms. The van der Waals surface area contributed by atoms with Crippen molar-refractivity contribution in [2.75, 3.05) is 5.32 Å². The molecule has 0 aliphatic carbocycles. The number of fused-ring (bicyclic) bond motifs is 1. The lowest BCUT2D eigenvalue weighted by molar-refractivity contribution is 1.04. The van der Waals surface area contributed by atoms with E-state index in [1.807, 2.05) is 78.2 Å². The van der Waals surface area contributed by atoms with Crippen LogP contribution < -0.4 is 10.7 Å². The average Bonchev–Trinajstić information content (AvgIpc) is 2.69. The van der Waals surface area contributed by atoms with Crippen LogP contribution in [0.4, 0.5) is 11.5 Å². The van der Waals surface area contributed by atoms with Crippen LogP contribution in [-0.2, 0) is 5.88 Å². The maximum Gasteiger partial charge on any atom is 0.193 e. The van der Waals surface area contributed by atoms with Crippen molar-refractivity contribution in [1.82, 2.24) is 9.55 Å². The van der Waals surface area contributed by atoms with Crippen LogP contribution in [0.3, 0.4) is 0 Å². The number of hydrogen-bond donors (Lipinski definition) is 1. The Morgan fingerprint density at radius 2 is 1.67 bits per heavy atom. The lowest BCUT2D eigenvalue weighted by atomic mass is 10.1. The zero-order valence-electron chi connectivity index (χ0n) is 14.8. The molecule has 4 aromatic rings. The third-order valence-corrected chi connectivity index (χ3v) is 4.69. The maximum absolute atomic E-state index is 12.9. The molecule has 5 heteroatoms. The highest BCUT2D eigenvalue weighted by Crippen LogP contribution is 2.26. The minimum atomic E-state index is -0.0678. The van der Waals surface area contributed by atoms with Crippen LogP contribution in [0.25, 0.3) is 16.7 Å². The number of rotatable bonds is 4. The summed E-state index contributed by atoms with van der Waals surface area (Å²) in [4.78, 5) is 17.6. The van der Waals surface area contributed by atoms with Crippen molar-refractivity contribution in [3.8, 4) is 5.69 Å². The van der Waals surface area contributed by atoms with Gasteiger partial charge in [0, 0.05) is 17.4 Å². The van der Waals surface area contributed by atoms with Gasteiger partial charge in [-0.05, 0) is 42.8 Å². The van der Waals surface area contributed by atoms with Crippen LogP contribution in [0.15, 0.2) is 77.6 Å². The molecule has 0 bridgehead atoms. The van der Waals surface area contributed by atoms with Crippen molar-refractivity contribution in [2.24, 2.45) is 0 Å². The predicted octanol–water partition coefficient (Wildman–Crippen LogP) is 5.18. The van der Waals surface area contributed by atoms with Gasteiger partial charge in [-0.2, -0.15) is 0 Å². The average molecular weight is 376 g/mol. The van der Waals surface area contributed by atoms with E-state index in [9.17, 15) is 4.79 Å². The van der Waals surface area contributed by atoms with Crippen LogP contribution in [0.5, 0.6) is 0 Å². The number of para-hydroxylation sites is 2. The molecule has 0 radical (unpaired) electrons. The molecule has 4 nitrogen and oxygen atoms in total. The predicted molar refractivity (Wildman–Crippen MR) is 111 cm³/mol. The largest absolute Gasteiger partial charge is 0.341 e. The van der Waals surface area contributed by atoms with E-state index in [1.165, 1.54) is 0 Å². The van der Waals surface area contributed by atoms with Crippen LogP contribution in [0, 0.1) is 6.92 Å². The molecule has 2 aromatic heterocycles. The number of benzene rings is 2. The molecule has 2 heterocycles. The van der Waals surface area contributed by atoms with Crippen molar-refractivity contribution in [3.05, 3.63) is 94.3 Å². The summed E-state index contributed by atoms with van der Waals surface area (Å²) in [5, 5.41) is 3.95. The van der Waals surface area contributed by atoms with Crippen molar-refractivity contribution in [2.45, 2.75) is 12.8 Å². The Morgan fingerprint density at radius 3 is 2.33 bits per heavy atom. The Hall–Kier alpha value is -3.11. The summed E-state index contributed by atoms with van der Waals surface area (Å²) in [5.41, 5.74) is 3.95. The number of aryl methyl sites for hydroxylation is 1. The molecule has 0 amide bonds. The number of nitrogens with zero attached hydrogens (tertiary/aromatic N) is 2. The summed E-state index contributed by atoms with van der Waals surface area (Å²) >= 11 is 6.04. The standard InChI is InChI=1S/C22H18ClN3O/c1-15-12-17(14-23)25-22-21(15)19(27)13-20(24-16-8-4-2-5-9-16)26(22)18-10-6-3-7-11-18/h2-13,24H,14H2,1H3. The highest BCUT2D eigenvalue weighted by Gasteiger charge is 2.15. The Labute approximate surface area is 162 Å². The first kappa shape index (κ1) is 17.3. The summed E-state index contributed by atoms with van der Waals surface area (Å²) in [7, 11) is 0. The highest BCUT2D eigenvalue weighted by atomic mass is 35.5. The summed E-state index contributed by atoms with van der Waals surface area (Å²) in [6, 6.07) is 23.1. The minimum Gasteiger partial charge on any atom is -0.341 e. The van der Waals surface area contributed by atoms with Gasteiger partial charge >= 0.3 is 0 Å². The van der Waals surface area contributed by atoms with Crippen LogP contribution in [-0.4, -0.2) is 9.55 Å². The summed E-state index contributed by atoms with van der Waals surface area (Å²) in [6.07, 6.45) is 0. The summed E-state index contributed by atoms with van der Waals surface area (Å²) < 4.78 is 1.97. The summed E-state index contributed by atoms with van der Waals surface area (Å²) in [6.45, 7) is 1.92. The molecule has 0 spiro atoms. The molecule has 0 aliphatic rings. The van der Waals surface area contributed by atoms with Gasteiger partial charge in [-0.3, -0.25) is 9.36 Å². The van der Waals surface area contributed by atoms with Gasteiger partial charge < -0.3 is 5.32 Å². The molecule has 0 saturated heterocycles. The van der Waals surface area contributed by atoms with Crippen molar-refractivity contribution in [1.29, 1.82) is 0 Å². The number of hydrogen-bond acceptors (Lipinski definition) is 3. The zero-order chi connectivity index (χ0) is 18.8. The van der Waals surface area contributed by atoms with Gasteiger partial charge in [0.05, 0.1) is 17.0 Å². The number of nitrogens with one attached hydrogen (secondary N) is 1. The number of halogens is 1. The first-order chi connectivity index (χ1) is 13.2. The van der Waals surface area contributed by atoms with Crippen molar-refractivity contribution >= 4 is 34.1 Å². The lowest BCUT2D eigenvalue weighted by Gasteiger charge is -2.19. The number of alkyl halides is 1. The molecular weight excluding hydrogens is 358 g/mol. The van der Waals surface area contributed by atoms with E-state index in [0.29, 0.717) is 16.9 Å². The van der Waals surface area contributed by atoms with E-state index in [1.54, 1.807) is 6.07 Å². The van der Waals surface area contributed by atoms with Gasteiger partial charge in [0.2, 0.25) is 0 Å². The third kappa shape index (κ3) is 3.32. The van der Waals surface area contributed by atoms with E-state index in [0.717, 1.165) is 22.6 Å². The van der Waals surface area contributed by atoms with Crippen molar-refractivity contribution in [3.63, 3.8) is 0 Å². The van der Waals surface area contributed by atoms with Crippen molar-refractivity contribution < 1.29 is 0 Å². The van der Waals surface area contributed by atoms with Gasteiger partial charge in [-0.1, -0.05) is 36.4 Å². The molecule has 0 atom stereocenters.